The summed E-state index contributed by atoms with van der Waals surface area (Å²) in [6.45, 7) is 9.28. The fraction of sp³-hybridized carbons (Fsp3) is 0.421. The third kappa shape index (κ3) is 3.65. The summed E-state index contributed by atoms with van der Waals surface area (Å²) in [4.78, 5) is 18.7. The van der Waals surface area contributed by atoms with Crippen LogP contribution in [-0.4, -0.2) is 46.0 Å². The van der Waals surface area contributed by atoms with E-state index in [9.17, 15) is 0 Å². The maximum Gasteiger partial charge on any atom is 0.186 e. The van der Waals surface area contributed by atoms with Crippen molar-refractivity contribution < 1.29 is 0 Å². The number of nitrogens with zero attached hydrogens (tertiary/aromatic N) is 5. The van der Waals surface area contributed by atoms with Crippen LogP contribution in [-0.2, 0) is 6.54 Å². The van der Waals surface area contributed by atoms with E-state index in [1.807, 2.05) is 12.3 Å². The average Bonchev–Trinajstić information content (AvgIpc) is 3.07. The zero-order valence-corrected chi connectivity index (χ0v) is 15.5. The molecule has 1 fully saturated rings. The van der Waals surface area contributed by atoms with Gasteiger partial charge in [0.05, 0.1) is 15.9 Å². The Labute approximate surface area is 152 Å². The number of hydrogen-bond acceptors (Lipinski definition) is 6. The summed E-state index contributed by atoms with van der Waals surface area (Å²) in [5.74, 6) is 1.31. The zero-order chi connectivity index (χ0) is 17.2. The van der Waals surface area contributed by atoms with Gasteiger partial charge in [-0.1, -0.05) is 37.3 Å². The second-order valence-corrected chi connectivity index (χ2v) is 7.80. The van der Waals surface area contributed by atoms with Crippen molar-refractivity contribution in [1.29, 1.82) is 0 Å². The molecule has 0 radical (unpaired) electrons. The predicted molar refractivity (Wildman–Crippen MR) is 103 cm³/mol. The average molecular weight is 353 g/mol. The van der Waals surface area contributed by atoms with Gasteiger partial charge in [0.2, 0.25) is 0 Å². The molecular weight excluding hydrogens is 330 g/mol. The quantitative estimate of drug-likeness (QED) is 0.718. The van der Waals surface area contributed by atoms with Crippen LogP contribution in [0.5, 0.6) is 0 Å². The molecule has 0 amide bonds. The molecular formula is C19H23N5S. The Hall–Kier alpha value is -2.05. The monoisotopic (exact) mass is 353 g/mol. The molecule has 0 aliphatic carbocycles. The van der Waals surface area contributed by atoms with Gasteiger partial charge in [-0.3, -0.25) is 4.90 Å². The molecule has 0 spiro atoms. The largest absolute Gasteiger partial charge is 0.345 e. The minimum Gasteiger partial charge on any atom is -0.345 e. The Morgan fingerprint density at radius 1 is 1.04 bits per heavy atom. The maximum atomic E-state index is 4.78. The number of rotatable bonds is 4. The number of benzene rings is 1. The molecule has 4 rings (SSSR count). The number of para-hydroxylation sites is 1. The summed E-state index contributed by atoms with van der Waals surface area (Å²) < 4.78 is 1.27. The number of piperazine rings is 1. The summed E-state index contributed by atoms with van der Waals surface area (Å²) in [5.41, 5.74) is 2.22. The highest BCUT2D eigenvalue weighted by atomic mass is 32.1. The van der Waals surface area contributed by atoms with Gasteiger partial charge < -0.3 is 4.90 Å². The molecule has 2 aromatic heterocycles. The minimum absolute atomic E-state index is 0.371. The third-order valence-electron chi connectivity index (χ3n) is 4.56. The van der Waals surface area contributed by atoms with Crippen LogP contribution in [0.2, 0.25) is 0 Å². The summed E-state index contributed by atoms with van der Waals surface area (Å²) in [7, 11) is 0. The molecule has 130 valence electrons. The van der Waals surface area contributed by atoms with E-state index in [2.05, 4.69) is 52.9 Å². The van der Waals surface area contributed by atoms with Gasteiger partial charge >= 0.3 is 0 Å². The molecule has 1 aromatic carbocycles. The minimum atomic E-state index is 0.371. The predicted octanol–water partition coefficient (Wildman–Crippen LogP) is 3.53. The van der Waals surface area contributed by atoms with Crippen LogP contribution in [0.4, 0.5) is 5.13 Å². The topological polar surface area (TPSA) is 45.2 Å². The van der Waals surface area contributed by atoms with E-state index in [1.54, 1.807) is 11.3 Å². The number of aromatic nitrogens is 3. The van der Waals surface area contributed by atoms with E-state index < -0.39 is 0 Å². The van der Waals surface area contributed by atoms with Crippen molar-refractivity contribution in [2.45, 2.75) is 26.3 Å². The summed E-state index contributed by atoms with van der Waals surface area (Å²) >= 11 is 1.79. The van der Waals surface area contributed by atoms with Crippen molar-refractivity contribution in [2.24, 2.45) is 0 Å². The number of hydrogen-bond donors (Lipinski definition) is 0. The molecule has 0 unspecified atom stereocenters. The molecule has 25 heavy (non-hydrogen) atoms. The van der Waals surface area contributed by atoms with Crippen LogP contribution in [0.3, 0.4) is 0 Å². The first-order chi connectivity index (χ1) is 12.2. The van der Waals surface area contributed by atoms with Gasteiger partial charge in [0.1, 0.15) is 5.82 Å². The Bertz CT molecular complexity index is 819. The zero-order valence-electron chi connectivity index (χ0n) is 14.7. The fourth-order valence-corrected chi connectivity index (χ4v) is 4.12. The van der Waals surface area contributed by atoms with Gasteiger partial charge in [-0.05, 0) is 18.2 Å². The van der Waals surface area contributed by atoms with Crippen molar-refractivity contribution in [3.05, 3.63) is 48.0 Å². The summed E-state index contributed by atoms with van der Waals surface area (Å²) in [5, 5.41) is 1.14. The lowest BCUT2D eigenvalue weighted by molar-refractivity contribution is 0.246. The van der Waals surface area contributed by atoms with E-state index in [4.69, 9.17) is 9.97 Å². The van der Waals surface area contributed by atoms with Gasteiger partial charge in [-0.25, -0.2) is 15.0 Å². The molecule has 5 nitrogen and oxygen atoms in total. The van der Waals surface area contributed by atoms with E-state index in [-0.39, 0.29) is 0 Å². The number of fused-ring (bicyclic) bond motifs is 1. The Morgan fingerprint density at radius 2 is 1.84 bits per heavy atom. The highest BCUT2D eigenvalue weighted by Gasteiger charge is 2.20. The molecule has 3 aromatic rings. The second kappa shape index (κ2) is 7.06. The molecule has 6 heteroatoms. The van der Waals surface area contributed by atoms with Gasteiger partial charge in [0.15, 0.2) is 5.13 Å². The van der Waals surface area contributed by atoms with Crippen molar-refractivity contribution >= 4 is 26.7 Å². The van der Waals surface area contributed by atoms with E-state index in [0.29, 0.717) is 5.92 Å². The molecule has 3 heterocycles. The standard InChI is InChI=1S/C19H23N5S/c1-14(2)18-20-8-7-15(21-18)13-23-9-11-24(12-10-23)19-22-16-5-3-4-6-17(16)25-19/h3-8,14H,9-13H2,1-2H3. The molecule has 0 saturated carbocycles. The fourth-order valence-electron chi connectivity index (χ4n) is 3.10. The first-order valence-electron chi connectivity index (χ1n) is 8.84. The summed E-state index contributed by atoms with van der Waals surface area (Å²) in [6, 6.07) is 10.4. The number of thiazole rings is 1. The Morgan fingerprint density at radius 3 is 2.60 bits per heavy atom. The van der Waals surface area contributed by atoms with Crippen LogP contribution in [0, 0.1) is 0 Å². The molecule has 1 aliphatic rings. The maximum absolute atomic E-state index is 4.78. The highest BCUT2D eigenvalue weighted by molar-refractivity contribution is 7.22. The van der Waals surface area contributed by atoms with Gasteiger partial charge in [-0.15, -0.1) is 0 Å². The number of anilines is 1. The van der Waals surface area contributed by atoms with Crippen LogP contribution < -0.4 is 4.90 Å². The molecule has 0 bridgehead atoms. The highest BCUT2D eigenvalue weighted by Crippen LogP contribution is 2.29. The molecule has 0 atom stereocenters. The van der Waals surface area contributed by atoms with Gasteiger partial charge in [0.25, 0.3) is 0 Å². The first-order valence-corrected chi connectivity index (χ1v) is 9.65. The SMILES string of the molecule is CC(C)c1nccc(CN2CCN(c3nc4ccccc4s3)CC2)n1. The smallest absolute Gasteiger partial charge is 0.186 e. The van der Waals surface area contributed by atoms with E-state index in [1.165, 1.54) is 4.70 Å². The van der Waals surface area contributed by atoms with Crippen molar-refractivity contribution in [3.63, 3.8) is 0 Å². The second-order valence-electron chi connectivity index (χ2n) is 6.79. The Kier molecular flexibility index (Phi) is 4.63. The molecule has 1 aliphatic heterocycles. The van der Waals surface area contributed by atoms with Crippen LogP contribution >= 0.6 is 11.3 Å². The normalized spacial score (nSPS) is 16.0. The van der Waals surface area contributed by atoms with Gasteiger partial charge in [0, 0.05) is 44.8 Å². The van der Waals surface area contributed by atoms with E-state index >= 15 is 0 Å². The molecule has 0 N–H and O–H groups in total. The van der Waals surface area contributed by atoms with Crippen LogP contribution in [0.25, 0.3) is 10.2 Å². The molecule has 1 saturated heterocycles. The van der Waals surface area contributed by atoms with Crippen molar-refractivity contribution in [1.82, 2.24) is 19.9 Å². The Balaban J connectivity index is 1.39. The van der Waals surface area contributed by atoms with Crippen molar-refractivity contribution in [3.8, 4) is 0 Å². The lowest BCUT2D eigenvalue weighted by Crippen LogP contribution is -2.46. The van der Waals surface area contributed by atoms with Crippen molar-refractivity contribution in [2.75, 3.05) is 31.1 Å². The first kappa shape index (κ1) is 16.4. The van der Waals surface area contributed by atoms with Crippen LogP contribution in [0.15, 0.2) is 36.5 Å². The van der Waals surface area contributed by atoms with Gasteiger partial charge in [-0.2, -0.15) is 0 Å². The lowest BCUT2D eigenvalue weighted by atomic mass is 10.2. The lowest BCUT2D eigenvalue weighted by Gasteiger charge is -2.34. The van der Waals surface area contributed by atoms with Crippen LogP contribution in [0.1, 0.15) is 31.3 Å². The summed E-state index contributed by atoms with van der Waals surface area (Å²) in [6.07, 6.45) is 1.88. The van der Waals surface area contributed by atoms with E-state index in [0.717, 1.165) is 54.9 Å². The third-order valence-corrected chi connectivity index (χ3v) is 5.66.